The zero-order chi connectivity index (χ0) is 17.2. The maximum Gasteiger partial charge on any atom is 0.323 e. The van der Waals surface area contributed by atoms with Crippen LogP contribution in [0.1, 0.15) is 29.3 Å². The molecule has 0 spiro atoms. The molecule has 1 aliphatic heterocycles. The van der Waals surface area contributed by atoms with Crippen LogP contribution < -0.4 is 4.31 Å². The Hall–Kier alpha value is -2.09. The fraction of sp³-hybridized carbons (Fsp3) is 0.467. The van der Waals surface area contributed by atoms with Crippen LogP contribution in [0, 0.1) is 0 Å². The molecule has 1 amide bonds. The molecule has 1 aromatic rings. The molecule has 0 saturated carbocycles. The van der Waals surface area contributed by atoms with Crippen LogP contribution in [-0.4, -0.2) is 56.2 Å². The summed E-state index contributed by atoms with van der Waals surface area (Å²) in [6.07, 6.45) is 2.35. The zero-order valence-electron chi connectivity index (χ0n) is 13.2. The molecule has 126 valence electrons. The predicted octanol–water partition coefficient (Wildman–Crippen LogP) is 0.946. The minimum atomic E-state index is -3.33. The van der Waals surface area contributed by atoms with Crippen LogP contribution in [0.25, 0.3) is 0 Å². The Balaban J connectivity index is 2.28. The maximum atomic E-state index is 12.5. The fourth-order valence-corrected chi connectivity index (χ4v) is 3.68. The third-order valence-corrected chi connectivity index (χ3v) is 4.87. The summed E-state index contributed by atoms with van der Waals surface area (Å²) in [7, 11) is -3.33. The number of carbonyl (C=O) groups is 2. The van der Waals surface area contributed by atoms with Crippen LogP contribution in [0.4, 0.5) is 5.69 Å². The molecule has 7 nitrogen and oxygen atoms in total. The van der Waals surface area contributed by atoms with Crippen molar-refractivity contribution < 1.29 is 23.1 Å². The molecule has 0 bridgehead atoms. The van der Waals surface area contributed by atoms with E-state index in [0.29, 0.717) is 37.2 Å². The lowest BCUT2D eigenvalue weighted by Crippen LogP contribution is -2.36. The van der Waals surface area contributed by atoms with Crippen molar-refractivity contribution in [3.63, 3.8) is 0 Å². The Morgan fingerprint density at radius 1 is 1.35 bits per heavy atom. The number of benzene rings is 1. The van der Waals surface area contributed by atoms with Gasteiger partial charge in [0.05, 0.1) is 11.9 Å². The summed E-state index contributed by atoms with van der Waals surface area (Å²) in [5, 5.41) is 8.92. The van der Waals surface area contributed by atoms with Gasteiger partial charge >= 0.3 is 5.97 Å². The van der Waals surface area contributed by atoms with Gasteiger partial charge < -0.3 is 10.0 Å². The normalized spacial score (nSPS) is 13.7. The lowest BCUT2D eigenvalue weighted by Gasteiger charge is -2.21. The molecule has 1 aromatic carbocycles. The molecule has 1 aliphatic rings. The van der Waals surface area contributed by atoms with E-state index in [4.69, 9.17) is 5.11 Å². The number of fused-ring (bicyclic) bond motifs is 1. The van der Waals surface area contributed by atoms with Gasteiger partial charge in [-0.15, -0.1) is 0 Å². The zero-order valence-corrected chi connectivity index (χ0v) is 14.0. The first-order chi connectivity index (χ1) is 10.7. The highest BCUT2D eigenvalue weighted by Gasteiger charge is 2.27. The molecule has 8 heteroatoms. The van der Waals surface area contributed by atoms with Crippen LogP contribution in [0.5, 0.6) is 0 Å². The van der Waals surface area contributed by atoms with E-state index in [1.54, 1.807) is 18.2 Å². The number of hydrogen-bond acceptors (Lipinski definition) is 4. The van der Waals surface area contributed by atoms with Gasteiger partial charge in [0.2, 0.25) is 10.0 Å². The molecule has 0 saturated heterocycles. The monoisotopic (exact) mass is 340 g/mol. The summed E-state index contributed by atoms with van der Waals surface area (Å²) in [4.78, 5) is 24.7. The van der Waals surface area contributed by atoms with Crippen molar-refractivity contribution in [2.75, 3.05) is 30.2 Å². The smallest absolute Gasteiger partial charge is 0.323 e. The molecule has 2 rings (SSSR count). The lowest BCUT2D eigenvalue weighted by molar-refractivity contribution is -0.137. The molecule has 0 fully saturated rings. The Kier molecular flexibility index (Phi) is 4.93. The number of anilines is 1. The van der Waals surface area contributed by atoms with Crippen LogP contribution >= 0.6 is 0 Å². The molecule has 23 heavy (non-hydrogen) atoms. The summed E-state index contributed by atoms with van der Waals surface area (Å²) >= 11 is 0. The number of rotatable bonds is 6. The molecule has 1 N–H and O–H groups in total. The van der Waals surface area contributed by atoms with E-state index in [9.17, 15) is 18.0 Å². The van der Waals surface area contributed by atoms with Gasteiger partial charge in [-0.1, -0.05) is 6.92 Å². The van der Waals surface area contributed by atoms with Gasteiger partial charge in [-0.2, -0.15) is 0 Å². The van der Waals surface area contributed by atoms with E-state index in [1.165, 1.54) is 9.21 Å². The second-order valence-corrected chi connectivity index (χ2v) is 7.46. The molecule has 0 radical (unpaired) electrons. The van der Waals surface area contributed by atoms with Crippen molar-refractivity contribution in [2.24, 2.45) is 0 Å². The van der Waals surface area contributed by atoms with E-state index < -0.39 is 16.0 Å². The summed E-state index contributed by atoms with van der Waals surface area (Å²) in [6, 6.07) is 4.82. The van der Waals surface area contributed by atoms with Crippen molar-refractivity contribution >= 4 is 27.6 Å². The number of carboxylic acid groups (broad SMARTS) is 1. The topological polar surface area (TPSA) is 95.0 Å². The molecule has 0 unspecified atom stereocenters. The number of sulfonamides is 1. The molecule has 0 aromatic heterocycles. The third-order valence-electron chi connectivity index (χ3n) is 3.69. The van der Waals surface area contributed by atoms with Gasteiger partial charge in [0.15, 0.2) is 0 Å². The second-order valence-electron chi connectivity index (χ2n) is 5.55. The number of hydrogen-bond donors (Lipinski definition) is 1. The Morgan fingerprint density at radius 2 is 2.04 bits per heavy atom. The number of aliphatic carboxylic acids is 1. The van der Waals surface area contributed by atoms with Crippen molar-refractivity contribution in [2.45, 2.75) is 19.8 Å². The van der Waals surface area contributed by atoms with Gasteiger partial charge in [0.25, 0.3) is 5.91 Å². The van der Waals surface area contributed by atoms with E-state index >= 15 is 0 Å². The van der Waals surface area contributed by atoms with Crippen molar-refractivity contribution in [1.82, 2.24) is 4.90 Å². The van der Waals surface area contributed by atoms with Gasteiger partial charge in [-0.3, -0.25) is 13.9 Å². The van der Waals surface area contributed by atoms with Crippen LogP contribution in [0.2, 0.25) is 0 Å². The predicted molar refractivity (Wildman–Crippen MR) is 86.2 cm³/mol. The van der Waals surface area contributed by atoms with E-state index in [0.717, 1.165) is 11.8 Å². The average molecular weight is 340 g/mol. The van der Waals surface area contributed by atoms with Crippen LogP contribution in [-0.2, 0) is 21.2 Å². The highest BCUT2D eigenvalue weighted by molar-refractivity contribution is 7.92. The molecular weight excluding hydrogens is 320 g/mol. The molecule has 1 heterocycles. The van der Waals surface area contributed by atoms with Crippen molar-refractivity contribution in [1.29, 1.82) is 0 Å². The Labute approximate surface area is 135 Å². The Bertz CT molecular complexity index is 729. The number of amides is 1. The molecule has 0 atom stereocenters. The highest BCUT2D eigenvalue weighted by Crippen LogP contribution is 2.31. The SMILES string of the molecule is CCCN(CC(=O)O)C(=O)c1ccc2c(c1)CCN2S(C)(=O)=O. The summed E-state index contributed by atoms with van der Waals surface area (Å²) in [6.45, 7) is 2.24. The van der Waals surface area contributed by atoms with Crippen LogP contribution in [0.3, 0.4) is 0 Å². The van der Waals surface area contributed by atoms with E-state index in [2.05, 4.69) is 0 Å². The summed E-state index contributed by atoms with van der Waals surface area (Å²) < 4.78 is 24.7. The average Bonchev–Trinajstić information content (AvgIpc) is 2.88. The second kappa shape index (κ2) is 6.57. The molecular formula is C15H20N2O5S. The molecule has 0 aliphatic carbocycles. The minimum Gasteiger partial charge on any atom is -0.480 e. The first kappa shape index (κ1) is 17.3. The third kappa shape index (κ3) is 3.82. The first-order valence-corrected chi connectivity index (χ1v) is 9.20. The van der Waals surface area contributed by atoms with E-state index in [1.807, 2.05) is 6.92 Å². The van der Waals surface area contributed by atoms with Crippen LogP contribution in [0.15, 0.2) is 18.2 Å². The van der Waals surface area contributed by atoms with Gasteiger partial charge in [-0.25, -0.2) is 8.42 Å². The number of carboxylic acids is 1. The Morgan fingerprint density at radius 3 is 2.61 bits per heavy atom. The first-order valence-electron chi connectivity index (χ1n) is 7.35. The minimum absolute atomic E-state index is 0.348. The fourth-order valence-electron chi connectivity index (χ4n) is 2.72. The number of carbonyl (C=O) groups excluding carboxylic acids is 1. The van der Waals surface area contributed by atoms with Crippen molar-refractivity contribution in [3.8, 4) is 0 Å². The summed E-state index contributed by atoms with van der Waals surface area (Å²) in [5.74, 6) is -1.41. The standard InChI is InChI=1S/C15H20N2O5S/c1-3-7-16(10-14(18)19)15(20)12-4-5-13-11(9-12)6-8-17(13)23(2,21)22/h4-5,9H,3,6-8,10H2,1-2H3,(H,18,19). The van der Waals surface area contributed by atoms with Gasteiger partial charge in [0, 0.05) is 18.7 Å². The van der Waals surface area contributed by atoms with Gasteiger partial charge in [-0.05, 0) is 36.6 Å². The quantitative estimate of drug-likeness (QED) is 0.832. The number of nitrogens with zero attached hydrogens (tertiary/aromatic N) is 2. The summed E-state index contributed by atoms with van der Waals surface area (Å²) in [5.41, 5.74) is 1.76. The van der Waals surface area contributed by atoms with E-state index in [-0.39, 0.29) is 12.5 Å². The highest BCUT2D eigenvalue weighted by atomic mass is 32.2. The van der Waals surface area contributed by atoms with Crippen molar-refractivity contribution in [3.05, 3.63) is 29.3 Å². The largest absolute Gasteiger partial charge is 0.480 e. The maximum absolute atomic E-state index is 12.5. The lowest BCUT2D eigenvalue weighted by atomic mass is 10.1. The van der Waals surface area contributed by atoms with Gasteiger partial charge in [0.1, 0.15) is 6.54 Å².